The topological polar surface area (TPSA) is 66.0 Å². The number of pyridine rings is 1. The minimum atomic E-state index is 0.436. The first-order valence-electron chi connectivity index (χ1n) is 10.5. The monoisotopic (exact) mass is 390 g/mol. The van der Waals surface area contributed by atoms with Gasteiger partial charge in [0, 0.05) is 43.6 Å². The molecule has 0 amide bonds. The Kier molecular flexibility index (Phi) is 5.51. The van der Waals surface area contributed by atoms with Gasteiger partial charge in [-0.25, -0.2) is 9.97 Å². The molecule has 1 atom stereocenters. The van der Waals surface area contributed by atoms with E-state index in [4.69, 9.17) is 4.98 Å². The van der Waals surface area contributed by atoms with Gasteiger partial charge in [-0.15, -0.1) is 0 Å². The largest absolute Gasteiger partial charge is 0.388 e. The lowest BCUT2D eigenvalue weighted by atomic mass is 9.96. The Labute approximate surface area is 172 Å². The van der Waals surface area contributed by atoms with Crippen molar-refractivity contribution in [2.24, 2.45) is 5.92 Å². The highest BCUT2D eigenvalue weighted by molar-refractivity contribution is 5.97. The van der Waals surface area contributed by atoms with Crippen LogP contribution in [0.15, 0.2) is 36.7 Å². The average Bonchev–Trinajstić information content (AvgIpc) is 2.73. The van der Waals surface area contributed by atoms with Crippen LogP contribution in [0.2, 0.25) is 0 Å². The highest BCUT2D eigenvalue weighted by Gasteiger charge is 2.19. The lowest BCUT2D eigenvalue weighted by Crippen LogP contribution is -2.35. The lowest BCUT2D eigenvalue weighted by Gasteiger charge is -2.30. The number of aromatic nitrogens is 3. The molecule has 1 fully saturated rings. The summed E-state index contributed by atoms with van der Waals surface area (Å²) in [5.41, 5.74) is 2.40. The second kappa shape index (κ2) is 8.23. The van der Waals surface area contributed by atoms with Gasteiger partial charge in [-0.1, -0.05) is 26.8 Å². The van der Waals surface area contributed by atoms with Crippen LogP contribution in [0.3, 0.4) is 0 Å². The Bertz CT molecular complexity index is 1000. The van der Waals surface area contributed by atoms with E-state index in [0.29, 0.717) is 11.8 Å². The fraction of sp³-hybridized carbons (Fsp3) is 0.435. The van der Waals surface area contributed by atoms with Crippen molar-refractivity contribution < 1.29 is 0 Å². The maximum absolute atomic E-state index is 4.75. The van der Waals surface area contributed by atoms with Gasteiger partial charge in [-0.3, -0.25) is 0 Å². The number of anilines is 4. The van der Waals surface area contributed by atoms with Crippen LogP contribution < -0.4 is 15.5 Å². The molecule has 152 valence electrons. The Morgan fingerprint density at radius 1 is 1.10 bits per heavy atom. The van der Waals surface area contributed by atoms with Crippen LogP contribution in [0.25, 0.3) is 10.8 Å². The number of benzene rings is 1. The zero-order valence-electron chi connectivity index (χ0n) is 17.7. The summed E-state index contributed by atoms with van der Waals surface area (Å²) >= 11 is 0. The maximum atomic E-state index is 4.75. The summed E-state index contributed by atoms with van der Waals surface area (Å²) < 4.78 is 0. The van der Waals surface area contributed by atoms with Crippen molar-refractivity contribution in [2.75, 3.05) is 35.7 Å². The van der Waals surface area contributed by atoms with Crippen molar-refractivity contribution in [1.29, 1.82) is 0 Å². The average molecular weight is 391 g/mol. The first-order valence-corrected chi connectivity index (χ1v) is 10.5. The zero-order chi connectivity index (χ0) is 20.4. The number of hydrogen-bond acceptors (Lipinski definition) is 6. The molecule has 1 aliphatic rings. The van der Waals surface area contributed by atoms with Gasteiger partial charge in [0.2, 0.25) is 5.95 Å². The summed E-state index contributed by atoms with van der Waals surface area (Å²) in [6.07, 6.45) is 6.23. The SMILES string of the molecule is CNc1ccc(C(C)C)c2cc(Nc3ccnc(N4CCCC(C)C4)n3)ncc12. The van der Waals surface area contributed by atoms with Crippen LogP contribution >= 0.6 is 0 Å². The number of fused-ring (bicyclic) bond motifs is 1. The summed E-state index contributed by atoms with van der Waals surface area (Å²) in [5.74, 6) is 3.48. The van der Waals surface area contributed by atoms with Crippen molar-refractivity contribution in [1.82, 2.24) is 15.0 Å². The summed E-state index contributed by atoms with van der Waals surface area (Å²) in [7, 11) is 1.94. The third-order valence-electron chi connectivity index (χ3n) is 5.66. The molecule has 0 saturated carbocycles. The number of piperidine rings is 1. The quantitative estimate of drug-likeness (QED) is 0.626. The van der Waals surface area contributed by atoms with E-state index in [1.165, 1.54) is 23.8 Å². The molecule has 0 spiro atoms. The molecule has 6 nitrogen and oxygen atoms in total. The van der Waals surface area contributed by atoms with Gasteiger partial charge in [0.25, 0.3) is 0 Å². The molecular weight excluding hydrogens is 360 g/mol. The Hall–Kier alpha value is -2.89. The first-order chi connectivity index (χ1) is 14.0. The summed E-state index contributed by atoms with van der Waals surface area (Å²) in [5, 5.41) is 8.99. The third kappa shape index (κ3) is 4.11. The highest BCUT2D eigenvalue weighted by atomic mass is 15.3. The Morgan fingerprint density at radius 2 is 1.97 bits per heavy atom. The van der Waals surface area contributed by atoms with E-state index in [9.17, 15) is 0 Å². The van der Waals surface area contributed by atoms with E-state index in [0.717, 1.165) is 41.7 Å². The minimum Gasteiger partial charge on any atom is -0.388 e. The van der Waals surface area contributed by atoms with Gasteiger partial charge >= 0.3 is 0 Å². The third-order valence-corrected chi connectivity index (χ3v) is 5.66. The van der Waals surface area contributed by atoms with Crippen LogP contribution in [-0.2, 0) is 0 Å². The summed E-state index contributed by atoms with van der Waals surface area (Å²) in [6.45, 7) is 8.77. The molecule has 1 unspecified atom stereocenters. The summed E-state index contributed by atoms with van der Waals surface area (Å²) in [4.78, 5) is 16.2. The molecule has 0 bridgehead atoms. The smallest absolute Gasteiger partial charge is 0.227 e. The molecule has 2 aromatic heterocycles. The van der Waals surface area contributed by atoms with Gasteiger partial charge in [-0.2, -0.15) is 4.98 Å². The standard InChI is InChI=1S/C23H30N6/c1-15(2)17-7-8-20(24-4)19-13-26-22(12-18(17)19)27-21-9-10-25-23(28-21)29-11-5-6-16(3)14-29/h7-10,12-13,15-16,24H,5-6,11,14H2,1-4H3,(H,25,26,27,28). The predicted octanol–water partition coefficient (Wildman–Crippen LogP) is 5.17. The highest BCUT2D eigenvalue weighted by Crippen LogP contribution is 2.32. The number of nitrogens with one attached hydrogen (secondary N) is 2. The number of nitrogens with zero attached hydrogens (tertiary/aromatic N) is 4. The fourth-order valence-corrected chi connectivity index (χ4v) is 4.12. The molecule has 1 aliphatic heterocycles. The van der Waals surface area contributed by atoms with Crippen LogP contribution in [0.5, 0.6) is 0 Å². The fourth-order valence-electron chi connectivity index (χ4n) is 4.12. The maximum Gasteiger partial charge on any atom is 0.227 e. The Morgan fingerprint density at radius 3 is 2.72 bits per heavy atom. The molecule has 6 heteroatoms. The van der Waals surface area contributed by atoms with Crippen LogP contribution in [0.1, 0.15) is 45.1 Å². The van der Waals surface area contributed by atoms with Crippen LogP contribution in [-0.4, -0.2) is 35.1 Å². The Balaban J connectivity index is 1.64. The number of rotatable bonds is 5. The second-order valence-corrected chi connectivity index (χ2v) is 8.28. The first kappa shape index (κ1) is 19.4. The van der Waals surface area contributed by atoms with Gasteiger partial charge < -0.3 is 15.5 Å². The molecule has 4 rings (SSSR count). The van der Waals surface area contributed by atoms with E-state index >= 15 is 0 Å². The van der Waals surface area contributed by atoms with Crippen LogP contribution in [0.4, 0.5) is 23.3 Å². The zero-order valence-corrected chi connectivity index (χ0v) is 17.7. The molecule has 1 aromatic carbocycles. The van der Waals surface area contributed by atoms with E-state index in [1.807, 2.05) is 25.5 Å². The molecule has 1 saturated heterocycles. The molecule has 3 heterocycles. The van der Waals surface area contributed by atoms with E-state index in [-0.39, 0.29) is 0 Å². The van der Waals surface area contributed by atoms with Gasteiger partial charge in [0.05, 0.1) is 0 Å². The lowest BCUT2D eigenvalue weighted by molar-refractivity contribution is 0.442. The van der Waals surface area contributed by atoms with E-state index < -0.39 is 0 Å². The summed E-state index contributed by atoms with van der Waals surface area (Å²) in [6, 6.07) is 8.35. The van der Waals surface area contributed by atoms with Crippen molar-refractivity contribution in [3.8, 4) is 0 Å². The predicted molar refractivity (Wildman–Crippen MR) is 121 cm³/mol. The molecular formula is C23H30N6. The van der Waals surface area contributed by atoms with Crippen molar-refractivity contribution in [3.05, 3.63) is 42.2 Å². The van der Waals surface area contributed by atoms with Gasteiger partial charge in [0.1, 0.15) is 11.6 Å². The van der Waals surface area contributed by atoms with Crippen molar-refractivity contribution in [2.45, 2.75) is 39.5 Å². The van der Waals surface area contributed by atoms with E-state index in [1.54, 1.807) is 0 Å². The van der Waals surface area contributed by atoms with Gasteiger partial charge in [-0.05, 0) is 53.8 Å². The van der Waals surface area contributed by atoms with Crippen molar-refractivity contribution >= 4 is 34.0 Å². The second-order valence-electron chi connectivity index (χ2n) is 8.28. The molecule has 29 heavy (non-hydrogen) atoms. The van der Waals surface area contributed by atoms with E-state index in [2.05, 4.69) is 64.5 Å². The molecule has 2 N–H and O–H groups in total. The molecule has 3 aromatic rings. The number of hydrogen-bond donors (Lipinski definition) is 2. The van der Waals surface area contributed by atoms with Gasteiger partial charge in [0.15, 0.2) is 0 Å². The van der Waals surface area contributed by atoms with Crippen LogP contribution in [0, 0.1) is 5.92 Å². The minimum absolute atomic E-state index is 0.436. The molecule has 0 aliphatic carbocycles. The molecule has 0 radical (unpaired) electrons. The van der Waals surface area contributed by atoms with Crippen molar-refractivity contribution in [3.63, 3.8) is 0 Å². The normalized spacial score (nSPS) is 17.0.